The molecular formula is C44H65N6O7+. The first-order chi connectivity index (χ1) is 26.9. The Balaban J connectivity index is 0.000000811. The third-order valence-corrected chi connectivity index (χ3v) is 12.1. The molecule has 0 radical (unpaired) electrons. The van der Waals surface area contributed by atoms with Crippen LogP contribution < -0.4 is 14.8 Å². The molecule has 2 amide bonds. The summed E-state index contributed by atoms with van der Waals surface area (Å²) < 4.78 is 14.1. The van der Waals surface area contributed by atoms with Gasteiger partial charge in [0.2, 0.25) is 0 Å². The average molecular weight is 790 g/mol. The number of carbonyl (C=O) groups excluding carboxylic acids is 2. The Morgan fingerprint density at radius 1 is 0.930 bits per heavy atom. The molecule has 57 heavy (non-hydrogen) atoms. The smallest absolute Gasteiger partial charge is 0.330 e. The Morgan fingerprint density at radius 3 is 2.00 bits per heavy atom. The first-order valence-electron chi connectivity index (χ1n) is 20.3. The fourth-order valence-electron chi connectivity index (χ4n) is 9.33. The number of quaternary nitrogens is 1. The lowest BCUT2D eigenvalue weighted by molar-refractivity contribution is -0.870. The maximum atomic E-state index is 14.3. The number of hydrogen-bond donors (Lipinski definition) is 3. The van der Waals surface area contributed by atoms with Crippen LogP contribution in [0.5, 0.6) is 11.5 Å². The minimum atomic E-state index is -1.32. The molecule has 0 saturated heterocycles. The molecule has 0 spiro atoms. The number of methoxy groups -OCH3 is 2. The summed E-state index contributed by atoms with van der Waals surface area (Å²) in [7, 11) is 15.2. The summed E-state index contributed by atoms with van der Waals surface area (Å²) in [6.07, 6.45) is 5.33. The summed E-state index contributed by atoms with van der Waals surface area (Å²) in [6, 6.07) is 12.7. The Kier molecular flexibility index (Phi) is 13.8. The van der Waals surface area contributed by atoms with Crippen molar-refractivity contribution in [2.45, 2.75) is 63.8 Å². The molecule has 0 aliphatic heterocycles. The van der Waals surface area contributed by atoms with Crippen molar-refractivity contribution < 1.29 is 38.6 Å². The van der Waals surface area contributed by atoms with Crippen LogP contribution in [0.15, 0.2) is 42.5 Å². The fraction of sp³-hybridized carbons (Fsp3) is 0.591. The lowest BCUT2D eigenvalue weighted by atomic mass is 9.48. The number of nitrogens with zero attached hydrogens (tertiary/aromatic N) is 5. The number of likely N-dealkylation sites (N-methyl/N-ethyl adjacent to an activating group) is 1. The molecule has 7 rings (SSSR count). The van der Waals surface area contributed by atoms with Gasteiger partial charge in [0.05, 0.1) is 58.9 Å². The van der Waals surface area contributed by atoms with Gasteiger partial charge >= 0.3 is 5.97 Å². The topological polar surface area (TPSA) is 146 Å². The molecule has 3 aromatic rings. The van der Waals surface area contributed by atoms with Crippen LogP contribution in [0, 0.1) is 23.7 Å². The molecule has 4 bridgehead atoms. The highest BCUT2D eigenvalue weighted by molar-refractivity contribution is 5.98. The third-order valence-electron chi connectivity index (χ3n) is 12.1. The molecule has 2 aromatic carbocycles. The first-order valence-corrected chi connectivity index (χ1v) is 20.3. The second kappa shape index (κ2) is 18.0. The minimum absolute atomic E-state index is 0.00554. The van der Waals surface area contributed by atoms with Crippen LogP contribution in [-0.2, 0) is 4.79 Å². The van der Waals surface area contributed by atoms with Gasteiger partial charge in [0.1, 0.15) is 23.6 Å². The lowest BCUT2D eigenvalue weighted by Crippen LogP contribution is -2.70. The number of nitrogens with one attached hydrogen (secondary N) is 1. The maximum Gasteiger partial charge on any atom is 0.330 e. The molecule has 4 fully saturated rings. The summed E-state index contributed by atoms with van der Waals surface area (Å²) in [5, 5.41) is 27.1. The van der Waals surface area contributed by atoms with E-state index in [4.69, 9.17) is 19.7 Å². The van der Waals surface area contributed by atoms with Crippen molar-refractivity contribution in [1.82, 2.24) is 24.9 Å². The Hall–Kier alpha value is -4.46. The summed E-state index contributed by atoms with van der Waals surface area (Å²) in [5.74, 6) is 0.360. The summed E-state index contributed by atoms with van der Waals surface area (Å²) in [4.78, 5) is 44.7. The maximum absolute atomic E-state index is 14.3. The van der Waals surface area contributed by atoms with E-state index in [1.165, 1.54) is 6.42 Å². The van der Waals surface area contributed by atoms with Gasteiger partial charge in [0, 0.05) is 19.2 Å². The monoisotopic (exact) mass is 789 g/mol. The molecule has 13 heteroatoms. The van der Waals surface area contributed by atoms with E-state index in [2.05, 4.69) is 45.2 Å². The number of carbonyl (C=O) groups is 3. The summed E-state index contributed by atoms with van der Waals surface area (Å²) >= 11 is 0. The minimum Gasteiger partial charge on any atom is -0.496 e. The molecule has 4 aliphatic carbocycles. The molecule has 4 saturated carbocycles. The van der Waals surface area contributed by atoms with Crippen LogP contribution in [0.1, 0.15) is 84.7 Å². The standard InChI is InChI=1S/C39H51N5O6.C5H14NO/c1-23(2)29-21-26(37(46)43(5)15-9-14-42(3)4)12-13-31(29)44-32(35-33(49-6)10-8-11-34(35)50-7)22-30(41-44)36(45)40-39(38(47)48)27-17-24-16-25(19-27)20-28(39)18-24;1-6(2,3)4-5-7/h8,10-13,21-25,27-28H,9,14-20H2,1-7H3,(H,40,45)(H,47,48);7H,4-5H2,1-3H3/q;+1. The molecule has 0 unspecified atom stereocenters. The summed E-state index contributed by atoms with van der Waals surface area (Å²) in [5.41, 5.74) is 2.04. The Labute approximate surface area is 338 Å². The number of amides is 2. The summed E-state index contributed by atoms with van der Waals surface area (Å²) in [6.45, 7) is 6.73. The molecule has 3 N–H and O–H groups in total. The van der Waals surface area contributed by atoms with E-state index in [0.717, 1.165) is 55.2 Å². The van der Waals surface area contributed by atoms with Crippen molar-refractivity contribution in [1.29, 1.82) is 0 Å². The van der Waals surface area contributed by atoms with E-state index in [1.54, 1.807) is 35.9 Å². The molecule has 1 aromatic heterocycles. The molecule has 312 valence electrons. The van der Waals surface area contributed by atoms with Gasteiger partial charge in [0.25, 0.3) is 11.8 Å². The van der Waals surface area contributed by atoms with E-state index in [0.29, 0.717) is 52.4 Å². The largest absolute Gasteiger partial charge is 0.496 e. The second-order valence-corrected chi connectivity index (χ2v) is 17.8. The quantitative estimate of drug-likeness (QED) is 0.173. The number of aliphatic hydroxyl groups excluding tert-OH is 1. The number of benzene rings is 2. The SMILES string of the molecule is COc1cccc(OC)c1-c1cc(C(=O)NC2(C(=O)O)C3CC4CC(C3)CC2C4)nn1-c1ccc(C(=O)N(C)CCCN(C)C)cc1C(C)C.C[N+](C)(C)CCO. The number of ether oxygens (including phenoxy) is 2. The number of aliphatic carboxylic acids is 1. The molecular weight excluding hydrogens is 725 g/mol. The van der Waals surface area contributed by atoms with Crippen LogP contribution >= 0.6 is 0 Å². The molecule has 4 aliphatic rings. The van der Waals surface area contributed by atoms with E-state index < -0.39 is 17.4 Å². The van der Waals surface area contributed by atoms with Gasteiger partial charge in [-0.3, -0.25) is 9.59 Å². The van der Waals surface area contributed by atoms with Gasteiger partial charge in [-0.2, -0.15) is 5.10 Å². The van der Waals surface area contributed by atoms with Crippen LogP contribution in [-0.4, -0.2) is 140 Å². The van der Waals surface area contributed by atoms with Crippen molar-refractivity contribution in [2.24, 2.45) is 23.7 Å². The van der Waals surface area contributed by atoms with E-state index in [-0.39, 0.29) is 36.0 Å². The van der Waals surface area contributed by atoms with Crippen LogP contribution in [0.4, 0.5) is 0 Å². The number of rotatable bonds is 15. The lowest BCUT2D eigenvalue weighted by Gasteiger charge is -2.59. The average Bonchev–Trinajstić information content (AvgIpc) is 3.59. The molecule has 0 atom stereocenters. The third kappa shape index (κ3) is 9.48. The van der Waals surface area contributed by atoms with Crippen LogP contribution in [0.25, 0.3) is 16.9 Å². The van der Waals surface area contributed by atoms with Crippen molar-refractivity contribution in [3.05, 3.63) is 59.3 Å². The zero-order valence-electron chi connectivity index (χ0n) is 35.7. The predicted molar refractivity (Wildman–Crippen MR) is 221 cm³/mol. The predicted octanol–water partition coefficient (Wildman–Crippen LogP) is 5.40. The van der Waals surface area contributed by atoms with E-state index in [9.17, 15) is 19.5 Å². The zero-order valence-corrected chi connectivity index (χ0v) is 35.7. The van der Waals surface area contributed by atoms with E-state index in [1.807, 2.05) is 51.5 Å². The number of carboxylic acids is 1. The highest BCUT2D eigenvalue weighted by Gasteiger charge is 2.62. The van der Waals surface area contributed by atoms with E-state index >= 15 is 0 Å². The number of aromatic nitrogens is 2. The van der Waals surface area contributed by atoms with Crippen molar-refractivity contribution in [3.8, 4) is 28.4 Å². The first kappa shape index (κ1) is 43.7. The van der Waals surface area contributed by atoms with Crippen LogP contribution in [0.3, 0.4) is 0 Å². The molecule has 1 heterocycles. The number of carboxylic acid groups (broad SMARTS) is 1. The second-order valence-electron chi connectivity index (χ2n) is 17.8. The van der Waals surface area contributed by atoms with Gasteiger partial charge in [-0.05, 0) is 131 Å². The number of hydrogen-bond acceptors (Lipinski definition) is 8. The molecule has 13 nitrogen and oxygen atoms in total. The Bertz CT molecular complexity index is 1850. The normalized spacial score (nSPS) is 22.3. The van der Waals surface area contributed by atoms with Crippen molar-refractivity contribution >= 4 is 17.8 Å². The Morgan fingerprint density at radius 2 is 1.53 bits per heavy atom. The van der Waals surface area contributed by atoms with Gasteiger partial charge in [-0.1, -0.05) is 19.9 Å². The van der Waals surface area contributed by atoms with Crippen molar-refractivity contribution in [2.75, 3.05) is 82.7 Å². The van der Waals surface area contributed by atoms with Crippen LogP contribution in [0.2, 0.25) is 0 Å². The fourth-order valence-corrected chi connectivity index (χ4v) is 9.33. The highest BCUT2D eigenvalue weighted by Crippen LogP contribution is 2.58. The van der Waals surface area contributed by atoms with Gasteiger partial charge in [-0.15, -0.1) is 0 Å². The highest BCUT2D eigenvalue weighted by atomic mass is 16.5. The van der Waals surface area contributed by atoms with Gasteiger partial charge < -0.3 is 39.3 Å². The van der Waals surface area contributed by atoms with Gasteiger partial charge in [0.15, 0.2) is 5.69 Å². The zero-order chi connectivity index (χ0) is 41.8. The number of aliphatic hydroxyl groups is 1. The van der Waals surface area contributed by atoms with Crippen molar-refractivity contribution in [3.63, 3.8) is 0 Å². The van der Waals surface area contributed by atoms with Gasteiger partial charge in [-0.25, -0.2) is 9.48 Å².